The van der Waals surface area contributed by atoms with E-state index in [-0.39, 0.29) is 43.3 Å². The van der Waals surface area contributed by atoms with Gasteiger partial charge in [0.1, 0.15) is 0 Å². The van der Waals surface area contributed by atoms with Crippen molar-refractivity contribution in [2.45, 2.75) is 19.8 Å². The number of amides is 3. The Morgan fingerprint density at radius 3 is 2.50 bits per heavy atom. The number of carbonyl (C=O) groups excluding carboxylic acids is 4. The smallest absolute Gasteiger partial charge is 0.261 e. The van der Waals surface area contributed by atoms with Gasteiger partial charge in [-0.1, -0.05) is 15.9 Å². The number of hydrogen-bond donors (Lipinski definition) is 1. The van der Waals surface area contributed by atoms with Crippen molar-refractivity contribution in [1.29, 1.82) is 0 Å². The van der Waals surface area contributed by atoms with Crippen molar-refractivity contribution in [2.75, 3.05) is 18.7 Å². The van der Waals surface area contributed by atoms with Crippen LogP contribution in [-0.4, -0.2) is 41.7 Å². The molecule has 2 aliphatic rings. The van der Waals surface area contributed by atoms with Gasteiger partial charge in [-0.3, -0.25) is 24.1 Å². The van der Waals surface area contributed by atoms with Crippen LogP contribution < -0.4 is 14.8 Å². The van der Waals surface area contributed by atoms with E-state index in [9.17, 15) is 19.2 Å². The lowest BCUT2D eigenvalue weighted by atomic mass is 10.1. The zero-order valence-corrected chi connectivity index (χ0v) is 17.6. The van der Waals surface area contributed by atoms with Crippen LogP contribution in [0.3, 0.4) is 0 Å². The van der Waals surface area contributed by atoms with E-state index in [1.54, 1.807) is 24.3 Å². The molecule has 0 bridgehead atoms. The van der Waals surface area contributed by atoms with E-state index < -0.39 is 0 Å². The quantitative estimate of drug-likeness (QED) is 0.510. The molecule has 0 aliphatic carbocycles. The number of benzene rings is 2. The molecule has 3 amide bonds. The highest BCUT2D eigenvalue weighted by Gasteiger charge is 2.35. The molecule has 154 valence electrons. The summed E-state index contributed by atoms with van der Waals surface area (Å²) >= 11 is 3.29. The number of carbonyl (C=O) groups is 4. The Morgan fingerprint density at radius 1 is 1.07 bits per heavy atom. The van der Waals surface area contributed by atoms with Gasteiger partial charge in [0.05, 0.1) is 16.8 Å². The molecular formula is C21H17BrN2O6. The largest absolute Gasteiger partial charge is 0.454 e. The molecular weight excluding hydrogens is 456 g/mol. The van der Waals surface area contributed by atoms with Gasteiger partial charge >= 0.3 is 0 Å². The van der Waals surface area contributed by atoms with Crippen molar-refractivity contribution < 1.29 is 28.7 Å². The van der Waals surface area contributed by atoms with Gasteiger partial charge < -0.3 is 14.8 Å². The lowest BCUT2D eigenvalue weighted by molar-refractivity contribution is -0.116. The summed E-state index contributed by atoms with van der Waals surface area (Å²) in [4.78, 5) is 50.4. The van der Waals surface area contributed by atoms with Crippen LogP contribution in [0.15, 0.2) is 34.8 Å². The first-order chi connectivity index (χ1) is 14.3. The van der Waals surface area contributed by atoms with Crippen LogP contribution in [0.4, 0.5) is 5.69 Å². The minimum absolute atomic E-state index is 0.0565. The average Bonchev–Trinajstić information content (AvgIpc) is 3.25. The molecule has 0 saturated carbocycles. The molecule has 0 fully saturated rings. The summed E-state index contributed by atoms with van der Waals surface area (Å²) in [6.45, 7) is 1.58. The number of rotatable bonds is 6. The maximum Gasteiger partial charge on any atom is 0.261 e. The van der Waals surface area contributed by atoms with Crippen LogP contribution in [-0.2, 0) is 4.79 Å². The first-order valence-corrected chi connectivity index (χ1v) is 10.0. The molecule has 2 heterocycles. The molecule has 1 N–H and O–H groups in total. The van der Waals surface area contributed by atoms with Crippen LogP contribution >= 0.6 is 15.9 Å². The highest BCUT2D eigenvalue weighted by molar-refractivity contribution is 9.10. The Kier molecular flexibility index (Phi) is 5.29. The maximum atomic E-state index is 12.5. The van der Waals surface area contributed by atoms with E-state index in [1.165, 1.54) is 13.0 Å². The molecule has 0 aromatic heterocycles. The van der Waals surface area contributed by atoms with Gasteiger partial charge in [0.15, 0.2) is 17.3 Å². The first kappa shape index (κ1) is 20.1. The number of anilines is 1. The van der Waals surface area contributed by atoms with Crippen molar-refractivity contribution in [3.05, 3.63) is 51.5 Å². The predicted molar refractivity (Wildman–Crippen MR) is 110 cm³/mol. The second-order valence-electron chi connectivity index (χ2n) is 6.91. The van der Waals surface area contributed by atoms with E-state index in [2.05, 4.69) is 21.2 Å². The number of nitrogens with one attached hydrogen (secondary N) is 1. The summed E-state index contributed by atoms with van der Waals surface area (Å²) in [5.74, 6) is -0.386. The van der Waals surface area contributed by atoms with E-state index in [1.807, 2.05) is 0 Å². The molecule has 9 heteroatoms. The normalized spacial score (nSPS) is 14.1. The summed E-state index contributed by atoms with van der Waals surface area (Å²) in [7, 11) is 0. The Balaban J connectivity index is 1.38. The fourth-order valence-electron chi connectivity index (χ4n) is 3.41. The Hall–Kier alpha value is -3.20. The number of ether oxygens (including phenoxy) is 2. The number of halogens is 1. The van der Waals surface area contributed by atoms with Crippen molar-refractivity contribution >= 4 is 45.1 Å². The van der Waals surface area contributed by atoms with Crippen LogP contribution in [0.25, 0.3) is 0 Å². The zero-order valence-electron chi connectivity index (χ0n) is 16.0. The molecule has 0 atom stereocenters. The second kappa shape index (κ2) is 7.91. The number of imide groups is 1. The Morgan fingerprint density at radius 2 is 1.77 bits per heavy atom. The molecule has 4 rings (SSSR count). The fourth-order valence-corrected chi connectivity index (χ4v) is 3.77. The molecule has 2 aliphatic heterocycles. The first-order valence-electron chi connectivity index (χ1n) is 9.25. The van der Waals surface area contributed by atoms with Crippen molar-refractivity contribution in [1.82, 2.24) is 4.90 Å². The highest BCUT2D eigenvalue weighted by Crippen LogP contribution is 2.37. The molecule has 0 saturated heterocycles. The lowest BCUT2D eigenvalue weighted by Crippen LogP contribution is -2.31. The molecule has 30 heavy (non-hydrogen) atoms. The minimum Gasteiger partial charge on any atom is -0.454 e. The molecule has 0 unspecified atom stereocenters. The summed E-state index contributed by atoms with van der Waals surface area (Å²) in [5.41, 5.74) is 1.37. The van der Waals surface area contributed by atoms with Gasteiger partial charge in [0, 0.05) is 29.1 Å². The highest BCUT2D eigenvalue weighted by atomic mass is 79.9. The number of hydrogen-bond acceptors (Lipinski definition) is 6. The summed E-state index contributed by atoms with van der Waals surface area (Å²) in [5, 5.41) is 2.70. The average molecular weight is 473 g/mol. The Labute approximate surface area is 180 Å². The molecule has 0 radical (unpaired) electrons. The van der Waals surface area contributed by atoms with E-state index in [0.717, 1.165) is 4.90 Å². The van der Waals surface area contributed by atoms with Gasteiger partial charge in [0.25, 0.3) is 11.8 Å². The van der Waals surface area contributed by atoms with Gasteiger partial charge in [-0.15, -0.1) is 0 Å². The standard InChI is InChI=1S/C21H17BrN2O6/c1-11(25)14-8-17-18(30-10-29-17)9-16(14)23-19(26)3-2-6-24-20(27)13-5-4-12(22)7-15(13)21(24)28/h4-5,7-9H,2-3,6,10H2,1H3,(H,23,26). The third-order valence-electron chi connectivity index (χ3n) is 4.88. The fraction of sp³-hybridized carbons (Fsp3) is 0.238. The Bertz CT molecular complexity index is 1100. The second-order valence-corrected chi connectivity index (χ2v) is 7.83. The molecule has 8 nitrogen and oxygen atoms in total. The minimum atomic E-state index is -0.369. The van der Waals surface area contributed by atoms with Crippen LogP contribution in [0.5, 0.6) is 11.5 Å². The number of fused-ring (bicyclic) bond motifs is 2. The monoisotopic (exact) mass is 472 g/mol. The van der Waals surface area contributed by atoms with Crippen LogP contribution in [0.1, 0.15) is 50.8 Å². The SMILES string of the molecule is CC(=O)c1cc2c(cc1NC(=O)CCCN1C(=O)c3ccc(Br)cc3C1=O)OCO2. The number of Topliss-reactive ketones (excluding diaryl/α,β-unsaturated/α-hetero) is 1. The third-order valence-corrected chi connectivity index (χ3v) is 5.38. The topological polar surface area (TPSA) is 102 Å². The third kappa shape index (κ3) is 3.68. The van der Waals surface area contributed by atoms with Gasteiger partial charge in [0.2, 0.25) is 12.7 Å². The number of ketones is 1. The number of nitrogens with zero attached hydrogens (tertiary/aromatic N) is 1. The van der Waals surface area contributed by atoms with Gasteiger partial charge in [-0.05, 0) is 37.6 Å². The van der Waals surface area contributed by atoms with Crippen molar-refractivity contribution in [2.24, 2.45) is 0 Å². The van der Waals surface area contributed by atoms with E-state index in [4.69, 9.17) is 9.47 Å². The zero-order chi connectivity index (χ0) is 21.4. The van der Waals surface area contributed by atoms with Crippen LogP contribution in [0, 0.1) is 0 Å². The molecule has 2 aromatic carbocycles. The van der Waals surface area contributed by atoms with Gasteiger partial charge in [-0.25, -0.2) is 0 Å². The van der Waals surface area contributed by atoms with E-state index >= 15 is 0 Å². The van der Waals surface area contributed by atoms with Gasteiger partial charge in [-0.2, -0.15) is 0 Å². The molecule has 0 spiro atoms. The summed E-state index contributed by atoms with van der Waals surface area (Å²) in [6.07, 6.45) is 0.362. The van der Waals surface area contributed by atoms with Crippen molar-refractivity contribution in [3.63, 3.8) is 0 Å². The summed E-state index contributed by atoms with van der Waals surface area (Å²) < 4.78 is 11.3. The molecule has 2 aromatic rings. The van der Waals surface area contributed by atoms with Crippen LogP contribution in [0.2, 0.25) is 0 Å². The van der Waals surface area contributed by atoms with E-state index in [0.29, 0.717) is 44.8 Å². The van der Waals surface area contributed by atoms with Crippen molar-refractivity contribution in [3.8, 4) is 11.5 Å². The maximum absolute atomic E-state index is 12.5. The predicted octanol–water partition coefficient (Wildman–Crippen LogP) is 3.40. The summed E-state index contributed by atoms with van der Waals surface area (Å²) in [6, 6.07) is 8.02. The lowest BCUT2D eigenvalue weighted by Gasteiger charge is -2.14.